The number of rotatable bonds is 14. The fraction of sp³-hybridized carbons (Fsp3) is 0.412. The van der Waals surface area contributed by atoms with Gasteiger partial charge in [-0.3, -0.25) is 19.1 Å². The third-order valence-electron chi connectivity index (χ3n) is 8.44. The predicted octanol–water partition coefficient (Wildman–Crippen LogP) is 3.50. The number of fused-ring (bicyclic) bond motifs is 1. The van der Waals surface area contributed by atoms with Crippen LogP contribution in [0, 0.1) is 5.92 Å². The Hall–Kier alpha value is -4.68. The molecule has 0 aliphatic carbocycles. The van der Waals surface area contributed by atoms with Gasteiger partial charge in [-0.25, -0.2) is 5.01 Å². The molecule has 2 aliphatic rings. The van der Waals surface area contributed by atoms with Gasteiger partial charge in [-0.05, 0) is 43.0 Å². The van der Waals surface area contributed by atoms with Gasteiger partial charge in [-0.1, -0.05) is 54.6 Å². The average molecular weight is 629 g/mol. The van der Waals surface area contributed by atoms with Crippen LogP contribution in [0.2, 0.25) is 0 Å². The van der Waals surface area contributed by atoms with Crippen molar-refractivity contribution in [2.24, 2.45) is 11.0 Å². The Labute approximate surface area is 268 Å². The number of aliphatic hydroxyl groups is 2. The second-order valence-corrected chi connectivity index (χ2v) is 11.5. The minimum Gasteiger partial charge on any atom is -0.469 e. The maximum Gasteiger partial charge on any atom is 0.305 e. The highest BCUT2D eigenvalue weighted by atomic mass is 16.5. The number of unbranched alkanes of at least 4 members (excludes halogenated alkanes) is 1. The summed E-state index contributed by atoms with van der Waals surface area (Å²) in [4.78, 5) is 40.3. The Morgan fingerprint density at radius 3 is 2.67 bits per heavy atom. The van der Waals surface area contributed by atoms with Gasteiger partial charge < -0.3 is 19.8 Å². The van der Waals surface area contributed by atoms with Crippen molar-refractivity contribution in [2.45, 2.75) is 64.0 Å². The molecule has 0 radical (unpaired) electrons. The number of aliphatic hydroxyl groups excluding tert-OH is 1. The summed E-state index contributed by atoms with van der Waals surface area (Å²) in [6, 6.07) is 14.9. The molecule has 3 aromatic rings. The average Bonchev–Trinajstić information content (AvgIpc) is 3.61. The largest absolute Gasteiger partial charge is 0.469 e. The van der Waals surface area contributed by atoms with Crippen molar-refractivity contribution in [1.29, 1.82) is 0 Å². The van der Waals surface area contributed by atoms with E-state index in [2.05, 4.69) is 15.4 Å². The number of carbonyl (C=O) groups is 3. The molecule has 0 fully saturated rings. The molecule has 0 unspecified atom stereocenters. The minimum absolute atomic E-state index is 0.000662. The van der Waals surface area contributed by atoms with Crippen LogP contribution in [-0.4, -0.2) is 69.0 Å². The molecule has 12 nitrogen and oxygen atoms in total. The van der Waals surface area contributed by atoms with Gasteiger partial charge in [0.25, 0.3) is 5.91 Å². The highest BCUT2D eigenvalue weighted by Crippen LogP contribution is 2.47. The maximum absolute atomic E-state index is 14.0. The van der Waals surface area contributed by atoms with Crippen LogP contribution in [0.25, 0.3) is 0 Å². The standard InChI is InChI=1S/C34H40N6O6/c1-24(10-6-8-19-38-23-26(18-21-41)35-37-38)34(45)28-22-27(40-31(42)17-15-29(36-40)25-11-4-3-5-12-25)14-16-30(28)39(33(34)44)20-9-7-13-32(43)46-2/h3-6,10-12,14,16,22-24,41,45H,7-9,13,15,17-21H2,1-2H3/b10-6+/t24-,34+/m1/s1. The van der Waals surface area contributed by atoms with Crippen LogP contribution in [0.15, 0.2) is 72.0 Å². The zero-order valence-electron chi connectivity index (χ0n) is 26.2. The number of allylic oxidation sites excluding steroid dienone is 1. The van der Waals surface area contributed by atoms with E-state index in [1.54, 1.807) is 40.9 Å². The smallest absolute Gasteiger partial charge is 0.305 e. The Balaban J connectivity index is 1.41. The Kier molecular flexibility index (Phi) is 10.4. The molecule has 12 heteroatoms. The summed E-state index contributed by atoms with van der Waals surface area (Å²) in [5.74, 6) is -1.56. The van der Waals surface area contributed by atoms with Gasteiger partial charge in [0.1, 0.15) is 0 Å². The maximum atomic E-state index is 14.0. The van der Waals surface area contributed by atoms with Crippen molar-refractivity contribution in [1.82, 2.24) is 15.0 Å². The first kappa shape index (κ1) is 32.7. The van der Waals surface area contributed by atoms with E-state index in [1.165, 1.54) is 12.1 Å². The van der Waals surface area contributed by atoms with Crippen LogP contribution in [-0.2, 0) is 37.7 Å². The fourth-order valence-electron chi connectivity index (χ4n) is 5.85. The summed E-state index contributed by atoms with van der Waals surface area (Å²) >= 11 is 0. The molecule has 3 heterocycles. The van der Waals surface area contributed by atoms with Crippen molar-refractivity contribution >= 4 is 34.9 Å². The van der Waals surface area contributed by atoms with Crippen LogP contribution < -0.4 is 9.91 Å². The number of hydrogen-bond acceptors (Lipinski definition) is 9. The number of methoxy groups -OCH3 is 1. The molecular weight excluding hydrogens is 588 g/mol. The van der Waals surface area contributed by atoms with Gasteiger partial charge in [0.2, 0.25) is 5.91 Å². The Morgan fingerprint density at radius 2 is 1.91 bits per heavy atom. The first-order chi connectivity index (χ1) is 22.3. The minimum atomic E-state index is -1.89. The lowest BCUT2D eigenvalue weighted by Crippen LogP contribution is -2.44. The van der Waals surface area contributed by atoms with E-state index in [9.17, 15) is 19.5 Å². The number of carbonyl (C=O) groups excluding carboxylic acids is 3. The van der Waals surface area contributed by atoms with Gasteiger partial charge in [0.05, 0.1) is 29.9 Å². The molecule has 2 aromatic carbocycles. The molecule has 0 saturated heterocycles. The molecule has 2 aliphatic heterocycles. The lowest BCUT2D eigenvalue weighted by molar-refractivity contribution is -0.140. The molecule has 46 heavy (non-hydrogen) atoms. The number of nitrogens with zero attached hydrogens (tertiary/aromatic N) is 6. The lowest BCUT2D eigenvalue weighted by Gasteiger charge is -2.28. The molecule has 0 spiro atoms. The summed E-state index contributed by atoms with van der Waals surface area (Å²) in [5, 5.41) is 35.5. The summed E-state index contributed by atoms with van der Waals surface area (Å²) in [5.41, 5.74) is 1.96. The van der Waals surface area contributed by atoms with E-state index >= 15 is 0 Å². The van der Waals surface area contributed by atoms with Crippen LogP contribution in [0.3, 0.4) is 0 Å². The molecule has 0 saturated carbocycles. The summed E-state index contributed by atoms with van der Waals surface area (Å²) < 4.78 is 6.43. The van der Waals surface area contributed by atoms with Gasteiger partial charge in [-0.15, -0.1) is 5.10 Å². The second kappa shape index (κ2) is 14.6. The number of hydrazone groups is 1. The number of aryl methyl sites for hydroxylation is 1. The zero-order chi connectivity index (χ0) is 32.7. The molecule has 2 amide bonds. The first-order valence-electron chi connectivity index (χ1n) is 15.6. The van der Waals surface area contributed by atoms with Gasteiger partial charge in [0.15, 0.2) is 5.60 Å². The number of benzene rings is 2. The normalized spacial score (nSPS) is 18.7. The molecular formula is C34H40N6O6. The monoisotopic (exact) mass is 628 g/mol. The number of ether oxygens (including phenoxy) is 1. The van der Waals surface area contributed by atoms with Crippen LogP contribution >= 0.6 is 0 Å². The van der Waals surface area contributed by atoms with E-state index < -0.39 is 17.4 Å². The van der Waals surface area contributed by atoms with Gasteiger partial charge in [0, 0.05) is 63.1 Å². The number of hydrogen-bond donors (Lipinski definition) is 2. The zero-order valence-corrected chi connectivity index (χ0v) is 26.2. The number of esters is 1. The van der Waals surface area contributed by atoms with Crippen molar-refractivity contribution in [3.63, 3.8) is 0 Å². The quantitative estimate of drug-likeness (QED) is 0.156. The van der Waals surface area contributed by atoms with Crippen molar-refractivity contribution in [3.8, 4) is 0 Å². The van der Waals surface area contributed by atoms with Gasteiger partial charge in [-0.2, -0.15) is 5.10 Å². The Morgan fingerprint density at radius 1 is 1.11 bits per heavy atom. The van der Waals surface area contributed by atoms with E-state index in [0.717, 1.165) is 11.3 Å². The van der Waals surface area contributed by atoms with Gasteiger partial charge >= 0.3 is 5.97 Å². The molecule has 2 N–H and O–H groups in total. The third-order valence-corrected chi connectivity index (χ3v) is 8.44. The number of amides is 2. The van der Waals surface area contributed by atoms with E-state index in [0.29, 0.717) is 67.8 Å². The third kappa shape index (κ3) is 6.92. The molecule has 2 atom stereocenters. The van der Waals surface area contributed by atoms with E-state index in [4.69, 9.17) is 9.84 Å². The van der Waals surface area contributed by atoms with E-state index in [1.807, 2.05) is 42.5 Å². The van der Waals surface area contributed by atoms with Crippen LogP contribution in [0.1, 0.15) is 62.3 Å². The Bertz CT molecular complexity index is 1620. The summed E-state index contributed by atoms with van der Waals surface area (Å²) in [7, 11) is 1.34. The van der Waals surface area contributed by atoms with Crippen molar-refractivity contribution in [3.05, 3.63) is 83.7 Å². The SMILES string of the molecule is COC(=O)CCCCN1C(=O)[C@](O)([C@H](C)/C=C/CCn2cc(CCO)nn2)c2cc(N3N=C(c4ccccc4)CCC3=O)ccc21. The first-order valence-corrected chi connectivity index (χ1v) is 15.6. The molecule has 242 valence electrons. The molecule has 0 bridgehead atoms. The highest BCUT2D eigenvalue weighted by Gasteiger charge is 2.52. The second-order valence-electron chi connectivity index (χ2n) is 11.5. The predicted molar refractivity (Wildman–Crippen MR) is 172 cm³/mol. The summed E-state index contributed by atoms with van der Waals surface area (Å²) in [6.07, 6.45) is 8.62. The highest BCUT2D eigenvalue weighted by molar-refractivity contribution is 6.10. The van der Waals surface area contributed by atoms with Crippen molar-refractivity contribution < 1.29 is 29.3 Å². The van der Waals surface area contributed by atoms with Crippen LogP contribution in [0.5, 0.6) is 0 Å². The number of aromatic nitrogens is 3. The number of anilines is 2. The topological polar surface area (TPSA) is 150 Å². The van der Waals surface area contributed by atoms with Crippen molar-refractivity contribution in [2.75, 3.05) is 30.2 Å². The lowest BCUT2D eigenvalue weighted by atomic mass is 9.82. The molecule has 5 rings (SSSR count). The molecule has 1 aromatic heterocycles. The summed E-state index contributed by atoms with van der Waals surface area (Å²) in [6.45, 7) is 2.64. The van der Waals surface area contributed by atoms with E-state index in [-0.39, 0.29) is 31.3 Å². The van der Waals surface area contributed by atoms with Crippen LogP contribution in [0.4, 0.5) is 11.4 Å². The fourth-order valence-corrected chi connectivity index (χ4v) is 5.85.